The third-order valence-electron chi connectivity index (χ3n) is 8.40. The first-order valence-corrected chi connectivity index (χ1v) is 15.0. The Morgan fingerprint density at radius 1 is 0.927 bits per heavy atom. The van der Waals surface area contributed by atoms with E-state index >= 15 is 0 Å². The minimum atomic E-state index is -0.489. The zero-order chi connectivity index (χ0) is 29.4. The number of nitrogens with zero attached hydrogens (tertiary/aromatic N) is 4. The van der Waals surface area contributed by atoms with E-state index in [1.165, 1.54) is 11.9 Å². The minimum absolute atomic E-state index is 0.137. The number of nitrogens with one attached hydrogen (secondary N) is 1. The molecular formula is C32H41N5O3S. The first kappa shape index (κ1) is 29.0. The van der Waals surface area contributed by atoms with Crippen LogP contribution in [0.3, 0.4) is 0 Å². The average Bonchev–Trinajstić information content (AvgIpc) is 3.35. The molecule has 1 saturated carbocycles. The van der Waals surface area contributed by atoms with E-state index in [1.807, 2.05) is 69.3 Å². The fourth-order valence-corrected chi connectivity index (χ4v) is 6.13. The minimum Gasteiger partial charge on any atom is -0.444 e. The Balaban J connectivity index is 1.27. The van der Waals surface area contributed by atoms with Crippen LogP contribution in [-0.2, 0) is 4.74 Å². The maximum Gasteiger partial charge on any atom is 0.410 e. The fraction of sp³-hybridized carbons (Fsp3) is 0.469. The molecule has 1 N–H and O–H groups in total. The molecule has 5 rings (SSSR count). The number of hydrogen-bond acceptors (Lipinski definition) is 8. The largest absolute Gasteiger partial charge is 0.444 e. The van der Waals surface area contributed by atoms with E-state index < -0.39 is 5.60 Å². The molecule has 1 aliphatic carbocycles. The second kappa shape index (κ2) is 11.1. The van der Waals surface area contributed by atoms with E-state index in [0.29, 0.717) is 36.6 Å². The van der Waals surface area contributed by atoms with Crippen LogP contribution in [-0.4, -0.2) is 52.7 Å². The van der Waals surface area contributed by atoms with Gasteiger partial charge in [-0.3, -0.25) is 4.72 Å². The summed E-state index contributed by atoms with van der Waals surface area (Å²) < 4.78 is 15.1. The van der Waals surface area contributed by atoms with Gasteiger partial charge in [0.15, 0.2) is 0 Å². The van der Waals surface area contributed by atoms with E-state index in [2.05, 4.69) is 54.4 Å². The van der Waals surface area contributed by atoms with Crippen molar-refractivity contribution in [3.63, 3.8) is 0 Å². The molecule has 2 heterocycles. The monoisotopic (exact) mass is 575 g/mol. The van der Waals surface area contributed by atoms with E-state index in [4.69, 9.17) is 14.5 Å². The summed E-state index contributed by atoms with van der Waals surface area (Å²) in [6.45, 7) is 17.6. The van der Waals surface area contributed by atoms with Crippen LogP contribution in [0.1, 0.15) is 60.1 Å². The first-order chi connectivity index (χ1) is 19.3. The molecule has 0 atom stereocenters. The maximum absolute atomic E-state index is 12.4. The van der Waals surface area contributed by atoms with E-state index in [1.54, 1.807) is 4.90 Å². The van der Waals surface area contributed by atoms with Crippen LogP contribution < -0.4 is 14.4 Å². The highest BCUT2D eigenvalue weighted by Gasteiger charge is 2.66. The number of piperazine rings is 1. The van der Waals surface area contributed by atoms with Crippen molar-refractivity contribution in [1.29, 1.82) is 0 Å². The van der Waals surface area contributed by atoms with Crippen LogP contribution in [0.25, 0.3) is 0 Å². The van der Waals surface area contributed by atoms with Gasteiger partial charge in [-0.25, -0.2) is 9.78 Å². The van der Waals surface area contributed by atoms with Gasteiger partial charge in [-0.15, -0.1) is 0 Å². The fourth-order valence-electron chi connectivity index (χ4n) is 5.54. The van der Waals surface area contributed by atoms with Gasteiger partial charge in [0.25, 0.3) is 0 Å². The molecule has 2 fully saturated rings. The molecule has 0 unspecified atom stereocenters. The van der Waals surface area contributed by atoms with Crippen molar-refractivity contribution in [2.24, 2.45) is 10.8 Å². The Kier molecular flexibility index (Phi) is 7.85. The summed E-state index contributed by atoms with van der Waals surface area (Å²) in [7, 11) is 0. The summed E-state index contributed by atoms with van der Waals surface area (Å²) in [5.74, 6) is 2.07. The Morgan fingerprint density at radius 3 is 2.15 bits per heavy atom. The highest BCUT2D eigenvalue weighted by molar-refractivity contribution is 8.00. The average molecular weight is 576 g/mol. The molecule has 1 aromatic heterocycles. The predicted molar refractivity (Wildman–Crippen MR) is 165 cm³/mol. The third-order valence-corrected chi connectivity index (χ3v) is 9.19. The van der Waals surface area contributed by atoms with E-state index in [0.717, 1.165) is 29.4 Å². The van der Waals surface area contributed by atoms with Crippen molar-refractivity contribution >= 4 is 29.7 Å². The van der Waals surface area contributed by atoms with Gasteiger partial charge in [0.2, 0.25) is 11.8 Å². The SMILES string of the molecule is CC(C)(C)OC(=O)N1CCN(c2ccc(Oc3cc(C4C(C)(C)C4(C)C)nc(NSc4ccccc4)n3)cc2)CC1. The Labute approximate surface area is 248 Å². The van der Waals surface area contributed by atoms with Gasteiger partial charge in [0.05, 0.1) is 5.69 Å². The van der Waals surface area contributed by atoms with Crippen LogP contribution >= 0.6 is 11.9 Å². The number of anilines is 2. The summed E-state index contributed by atoms with van der Waals surface area (Å²) in [6.07, 6.45) is -0.251. The molecule has 218 valence electrons. The molecule has 1 saturated heterocycles. The highest BCUT2D eigenvalue weighted by atomic mass is 32.2. The van der Waals surface area contributed by atoms with Gasteiger partial charge >= 0.3 is 6.09 Å². The van der Waals surface area contributed by atoms with E-state index in [9.17, 15) is 4.79 Å². The molecule has 0 radical (unpaired) electrons. The normalized spacial score (nSPS) is 18.1. The standard InChI is InChI=1S/C32H41N5O3S/c1-30(2,3)40-29(38)37-19-17-36(18-20-37)22-13-15-23(16-14-22)39-26-21-25(27-31(4,5)32(27,6)7)33-28(34-26)35-41-24-11-9-8-10-12-24/h8-16,21,27H,17-20H2,1-7H3,(H,33,34,35). The van der Waals surface area contributed by atoms with Crippen molar-refractivity contribution in [1.82, 2.24) is 14.9 Å². The van der Waals surface area contributed by atoms with Crippen LogP contribution in [0.15, 0.2) is 65.6 Å². The number of aromatic nitrogens is 2. The number of ether oxygens (including phenoxy) is 2. The third kappa shape index (κ3) is 6.56. The summed E-state index contributed by atoms with van der Waals surface area (Å²) >= 11 is 1.48. The summed E-state index contributed by atoms with van der Waals surface area (Å²) in [5, 5.41) is 0. The summed E-state index contributed by atoms with van der Waals surface area (Å²) in [4.78, 5) is 27.1. The zero-order valence-electron chi connectivity index (χ0n) is 25.1. The predicted octanol–water partition coefficient (Wildman–Crippen LogP) is 7.59. The molecule has 3 aromatic rings. The quantitative estimate of drug-likeness (QED) is 0.289. The first-order valence-electron chi connectivity index (χ1n) is 14.2. The van der Waals surface area contributed by atoms with E-state index in [-0.39, 0.29) is 16.9 Å². The highest BCUT2D eigenvalue weighted by Crippen LogP contribution is 2.73. The summed E-state index contributed by atoms with van der Waals surface area (Å²) in [5.41, 5.74) is 1.86. The van der Waals surface area contributed by atoms with Crippen molar-refractivity contribution in [3.8, 4) is 11.6 Å². The Hall–Kier alpha value is -3.46. The maximum atomic E-state index is 12.4. The molecule has 1 aliphatic heterocycles. The lowest BCUT2D eigenvalue weighted by Crippen LogP contribution is -2.50. The lowest BCUT2D eigenvalue weighted by molar-refractivity contribution is 0.0240. The number of hydrogen-bond donors (Lipinski definition) is 1. The molecule has 9 heteroatoms. The Bertz CT molecular complexity index is 1350. The smallest absolute Gasteiger partial charge is 0.410 e. The topological polar surface area (TPSA) is 79.8 Å². The number of carbonyl (C=O) groups is 1. The van der Waals surface area contributed by atoms with Gasteiger partial charge in [0.1, 0.15) is 11.4 Å². The molecule has 1 amide bonds. The van der Waals surface area contributed by atoms with Crippen molar-refractivity contribution in [3.05, 3.63) is 66.4 Å². The van der Waals surface area contributed by atoms with Gasteiger partial charge in [-0.2, -0.15) is 4.98 Å². The molecule has 8 nitrogen and oxygen atoms in total. The second-order valence-electron chi connectivity index (χ2n) is 12.9. The number of benzene rings is 2. The Morgan fingerprint density at radius 2 is 1.56 bits per heavy atom. The molecule has 0 bridgehead atoms. The van der Waals surface area contributed by atoms with Crippen LogP contribution in [0.5, 0.6) is 11.6 Å². The zero-order valence-corrected chi connectivity index (χ0v) is 25.9. The van der Waals surface area contributed by atoms with Crippen molar-refractivity contribution in [2.75, 3.05) is 35.8 Å². The molecule has 41 heavy (non-hydrogen) atoms. The van der Waals surface area contributed by atoms with Crippen LogP contribution in [0.2, 0.25) is 0 Å². The molecule has 2 aromatic carbocycles. The van der Waals surface area contributed by atoms with Crippen molar-refractivity contribution < 1.29 is 14.3 Å². The lowest BCUT2D eigenvalue weighted by atomic mass is 10.0. The van der Waals surface area contributed by atoms with Gasteiger partial charge in [-0.1, -0.05) is 45.9 Å². The lowest BCUT2D eigenvalue weighted by Gasteiger charge is -2.36. The second-order valence-corrected chi connectivity index (χ2v) is 13.8. The molecule has 2 aliphatic rings. The summed E-state index contributed by atoms with van der Waals surface area (Å²) in [6, 6.07) is 20.1. The van der Waals surface area contributed by atoms with Crippen molar-refractivity contribution in [2.45, 2.75) is 64.9 Å². The number of carbonyl (C=O) groups excluding carboxylic acids is 1. The van der Waals surface area contributed by atoms with Crippen LogP contribution in [0.4, 0.5) is 16.4 Å². The van der Waals surface area contributed by atoms with Gasteiger partial charge in [-0.05, 0) is 79.9 Å². The van der Waals surface area contributed by atoms with Gasteiger partial charge in [0, 0.05) is 48.7 Å². The number of amides is 1. The van der Waals surface area contributed by atoms with Gasteiger partial charge < -0.3 is 19.3 Å². The molecular weight excluding hydrogens is 534 g/mol. The molecule has 0 spiro atoms. The van der Waals surface area contributed by atoms with Crippen LogP contribution in [0, 0.1) is 10.8 Å². The number of rotatable bonds is 7.